The topological polar surface area (TPSA) is 95.7 Å². The molecule has 8 nitrogen and oxygen atoms in total. The van der Waals surface area contributed by atoms with Gasteiger partial charge in [0.25, 0.3) is 0 Å². The minimum Gasteiger partial charge on any atom is -0.455 e. The molecule has 0 aliphatic carbocycles. The van der Waals surface area contributed by atoms with Gasteiger partial charge in [-0.2, -0.15) is 4.80 Å². The molecule has 0 bridgehead atoms. The molecule has 0 saturated carbocycles. The lowest BCUT2D eigenvalue weighted by molar-refractivity contribution is 0.00608. The van der Waals surface area contributed by atoms with Crippen LogP contribution >= 0.6 is 23.2 Å². The Morgan fingerprint density at radius 2 is 1.45 bits per heavy atom. The monoisotopic (exact) mass is 482 g/mol. The third-order valence-electron chi connectivity index (χ3n) is 4.48. The molecule has 0 amide bonds. The largest absolute Gasteiger partial charge is 0.455 e. The van der Waals surface area contributed by atoms with Crippen LogP contribution in [0.3, 0.4) is 0 Å². The van der Waals surface area contributed by atoms with Gasteiger partial charge in [0, 0.05) is 21.2 Å². The van der Waals surface area contributed by atoms with Gasteiger partial charge in [0.15, 0.2) is 12.0 Å². The highest BCUT2D eigenvalue weighted by molar-refractivity contribution is 6.31. The van der Waals surface area contributed by atoms with Crippen LogP contribution in [0, 0.1) is 0 Å². The summed E-state index contributed by atoms with van der Waals surface area (Å²) in [7, 11) is 0. The SMILES string of the molecule is CC(C)(C)OC(=O)c1nc(-c2ccc(Cl)cc2)c(-c2ccc(Cl)cc2)nc1Cn1ncnn1. The Morgan fingerprint density at radius 3 is 1.94 bits per heavy atom. The van der Waals surface area contributed by atoms with Crippen LogP contribution < -0.4 is 0 Å². The summed E-state index contributed by atoms with van der Waals surface area (Å²) in [6, 6.07) is 14.4. The Hall–Kier alpha value is -3.36. The maximum Gasteiger partial charge on any atom is 0.359 e. The molecule has 4 rings (SSSR count). The Bertz CT molecular complexity index is 1270. The van der Waals surface area contributed by atoms with Gasteiger partial charge in [-0.05, 0) is 50.3 Å². The van der Waals surface area contributed by atoms with E-state index in [0.29, 0.717) is 27.1 Å². The van der Waals surface area contributed by atoms with E-state index in [1.54, 1.807) is 45.0 Å². The normalized spacial score (nSPS) is 11.4. The predicted octanol–water partition coefficient (Wildman–Crippen LogP) is 5.11. The van der Waals surface area contributed by atoms with Crippen LogP contribution in [0.4, 0.5) is 0 Å². The first-order valence-electron chi connectivity index (χ1n) is 10.1. The van der Waals surface area contributed by atoms with Gasteiger partial charge in [0.2, 0.25) is 0 Å². The van der Waals surface area contributed by atoms with E-state index in [-0.39, 0.29) is 12.2 Å². The summed E-state index contributed by atoms with van der Waals surface area (Å²) in [4.78, 5) is 24.0. The van der Waals surface area contributed by atoms with Gasteiger partial charge in [0.05, 0.1) is 17.1 Å². The maximum atomic E-state index is 13.1. The highest BCUT2D eigenvalue weighted by Crippen LogP contribution is 2.32. The molecular weight excluding hydrogens is 463 g/mol. The molecule has 0 fully saturated rings. The number of benzene rings is 2. The van der Waals surface area contributed by atoms with Crippen molar-refractivity contribution in [1.82, 2.24) is 30.2 Å². The molecule has 0 radical (unpaired) electrons. The summed E-state index contributed by atoms with van der Waals surface area (Å²) < 4.78 is 5.61. The molecule has 4 aromatic rings. The molecule has 0 aliphatic heterocycles. The van der Waals surface area contributed by atoms with E-state index in [0.717, 1.165) is 11.1 Å². The number of hydrogen-bond acceptors (Lipinski definition) is 7. The van der Waals surface area contributed by atoms with Gasteiger partial charge in [-0.25, -0.2) is 14.8 Å². The number of tetrazole rings is 1. The molecule has 0 atom stereocenters. The minimum absolute atomic E-state index is 0.0740. The van der Waals surface area contributed by atoms with Crippen molar-refractivity contribution >= 4 is 29.2 Å². The van der Waals surface area contributed by atoms with Crippen LogP contribution in [0.2, 0.25) is 10.0 Å². The summed E-state index contributed by atoms with van der Waals surface area (Å²) in [5, 5.41) is 12.8. The first-order valence-corrected chi connectivity index (χ1v) is 10.8. The van der Waals surface area contributed by atoms with Gasteiger partial charge in [-0.1, -0.05) is 47.5 Å². The van der Waals surface area contributed by atoms with Crippen molar-refractivity contribution in [1.29, 1.82) is 0 Å². The first-order chi connectivity index (χ1) is 15.7. The van der Waals surface area contributed by atoms with Crippen molar-refractivity contribution in [3.8, 4) is 22.5 Å². The fourth-order valence-corrected chi connectivity index (χ4v) is 3.34. The lowest BCUT2D eigenvalue weighted by Gasteiger charge is -2.21. The average molecular weight is 483 g/mol. The van der Waals surface area contributed by atoms with Gasteiger partial charge in [0.1, 0.15) is 12.1 Å². The zero-order chi connectivity index (χ0) is 23.6. The first kappa shape index (κ1) is 22.8. The van der Waals surface area contributed by atoms with Gasteiger partial charge in [-0.3, -0.25) is 0 Å². The minimum atomic E-state index is -0.711. The highest BCUT2D eigenvalue weighted by atomic mass is 35.5. The summed E-state index contributed by atoms with van der Waals surface area (Å²) in [6.45, 7) is 5.46. The molecule has 33 heavy (non-hydrogen) atoms. The van der Waals surface area contributed by atoms with Crippen molar-refractivity contribution in [3.63, 3.8) is 0 Å². The van der Waals surface area contributed by atoms with Gasteiger partial charge >= 0.3 is 5.97 Å². The van der Waals surface area contributed by atoms with Gasteiger partial charge in [-0.15, -0.1) is 10.2 Å². The molecule has 0 saturated heterocycles. The zero-order valence-corrected chi connectivity index (χ0v) is 19.7. The van der Waals surface area contributed by atoms with E-state index in [4.69, 9.17) is 37.9 Å². The van der Waals surface area contributed by atoms with Crippen molar-refractivity contribution in [2.75, 3.05) is 0 Å². The Balaban J connectivity index is 1.94. The number of ether oxygens (including phenoxy) is 1. The van der Waals surface area contributed by atoms with E-state index < -0.39 is 11.6 Å². The van der Waals surface area contributed by atoms with Crippen molar-refractivity contribution in [2.24, 2.45) is 0 Å². The molecule has 2 heterocycles. The summed E-state index contributed by atoms with van der Waals surface area (Å²) in [6.07, 6.45) is 1.31. The Kier molecular flexibility index (Phi) is 6.40. The second-order valence-electron chi connectivity index (χ2n) is 8.20. The molecule has 2 aromatic heterocycles. The third-order valence-corrected chi connectivity index (χ3v) is 4.98. The second-order valence-corrected chi connectivity index (χ2v) is 9.07. The highest BCUT2D eigenvalue weighted by Gasteiger charge is 2.26. The van der Waals surface area contributed by atoms with E-state index in [1.807, 2.05) is 24.3 Å². The lowest BCUT2D eigenvalue weighted by atomic mass is 10.0. The number of rotatable bonds is 5. The van der Waals surface area contributed by atoms with Crippen LogP contribution in [0.5, 0.6) is 0 Å². The number of esters is 1. The quantitative estimate of drug-likeness (QED) is 0.364. The van der Waals surface area contributed by atoms with E-state index >= 15 is 0 Å². The van der Waals surface area contributed by atoms with Crippen LogP contribution in [0.1, 0.15) is 37.0 Å². The Labute approximate surface area is 200 Å². The number of carbonyl (C=O) groups excluding carboxylic acids is 1. The summed E-state index contributed by atoms with van der Waals surface area (Å²) in [5.41, 5.74) is 2.31. The average Bonchev–Trinajstić information content (AvgIpc) is 3.26. The van der Waals surface area contributed by atoms with Crippen LogP contribution in [-0.4, -0.2) is 41.7 Å². The van der Waals surface area contributed by atoms with Crippen molar-refractivity contribution < 1.29 is 9.53 Å². The number of nitrogens with zero attached hydrogens (tertiary/aromatic N) is 6. The smallest absolute Gasteiger partial charge is 0.359 e. The molecule has 0 N–H and O–H groups in total. The van der Waals surface area contributed by atoms with Crippen molar-refractivity contribution in [2.45, 2.75) is 32.9 Å². The standard InChI is InChI=1S/C23H20Cl2N6O2/c1-23(2,3)33-22(32)21-18(12-31-27-13-26-30-31)28-19(14-4-8-16(24)9-5-14)20(29-21)15-6-10-17(25)11-7-15/h4-11,13H,12H2,1-3H3. The Morgan fingerprint density at radius 1 is 0.909 bits per heavy atom. The van der Waals surface area contributed by atoms with Crippen LogP contribution in [0.25, 0.3) is 22.5 Å². The summed E-state index contributed by atoms with van der Waals surface area (Å²) in [5.74, 6) is -0.594. The predicted molar refractivity (Wildman–Crippen MR) is 125 cm³/mol. The van der Waals surface area contributed by atoms with Gasteiger partial charge < -0.3 is 4.74 Å². The number of aromatic nitrogens is 6. The molecular formula is C23H20Cl2N6O2. The van der Waals surface area contributed by atoms with E-state index in [2.05, 4.69) is 15.4 Å². The second kappa shape index (κ2) is 9.25. The molecule has 0 spiro atoms. The third kappa shape index (κ3) is 5.53. The van der Waals surface area contributed by atoms with Crippen LogP contribution in [-0.2, 0) is 11.3 Å². The number of halogens is 2. The van der Waals surface area contributed by atoms with Crippen LogP contribution in [0.15, 0.2) is 54.9 Å². The molecule has 10 heteroatoms. The number of hydrogen-bond donors (Lipinski definition) is 0. The number of carbonyl (C=O) groups is 1. The molecule has 0 aliphatic rings. The molecule has 0 unspecified atom stereocenters. The van der Waals surface area contributed by atoms with Crippen molar-refractivity contribution in [3.05, 3.63) is 76.3 Å². The summed E-state index contributed by atoms with van der Waals surface area (Å²) >= 11 is 12.2. The zero-order valence-electron chi connectivity index (χ0n) is 18.2. The fourth-order valence-electron chi connectivity index (χ4n) is 3.08. The van der Waals surface area contributed by atoms with E-state index in [1.165, 1.54) is 11.1 Å². The lowest BCUT2D eigenvalue weighted by Crippen LogP contribution is -2.26. The molecule has 2 aromatic carbocycles. The fraction of sp³-hybridized carbons (Fsp3) is 0.217. The maximum absolute atomic E-state index is 13.1. The molecule has 168 valence electrons. The van der Waals surface area contributed by atoms with E-state index in [9.17, 15) is 4.79 Å².